The zero-order chi connectivity index (χ0) is 24.4. The molecule has 0 N–H and O–H groups in total. The van der Waals surface area contributed by atoms with E-state index < -0.39 is 4.92 Å². The molecule has 2 aromatic carbocycles. The van der Waals surface area contributed by atoms with E-state index in [1.165, 1.54) is 28.9 Å². The summed E-state index contributed by atoms with van der Waals surface area (Å²) in [4.78, 5) is 34.8. The largest absolute Gasteiger partial charge is 0.456 e. The smallest absolute Gasteiger partial charge is 0.280 e. The van der Waals surface area contributed by atoms with Crippen LogP contribution in [0.3, 0.4) is 0 Å². The van der Waals surface area contributed by atoms with Crippen LogP contribution in [0.1, 0.15) is 5.76 Å². The van der Waals surface area contributed by atoms with E-state index in [2.05, 4.69) is 9.98 Å². The van der Waals surface area contributed by atoms with Crippen molar-refractivity contribution >= 4 is 57.6 Å². The van der Waals surface area contributed by atoms with Crippen LogP contribution >= 0.6 is 23.4 Å². The molecule has 0 bridgehead atoms. The van der Waals surface area contributed by atoms with Gasteiger partial charge in [-0.3, -0.25) is 24.8 Å². The number of thioether (sulfide) groups is 1. The quantitative estimate of drug-likeness (QED) is 0.171. The van der Waals surface area contributed by atoms with Crippen molar-refractivity contribution in [3.8, 4) is 11.3 Å². The van der Waals surface area contributed by atoms with E-state index >= 15 is 0 Å². The molecule has 35 heavy (non-hydrogen) atoms. The fourth-order valence-electron chi connectivity index (χ4n) is 3.46. The highest BCUT2D eigenvalue weighted by molar-refractivity contribution is 8.19. The molecule has 2 aromatic heterocycles. The number of amidine groups is 1. The molecule has 0 spiro atoms. The van der Waals surface area contributed by atoms with Crippen molar-refractivity contribution in [3.05, 3.63) is 111 Å². The Morgan fingerprint density at radius 2 is 1.83 bits per heavy atom. The highest BCUT2D eigenvalue weighted by atomic mass is 35.5. The number of anilines is 1. The van der Waals surface area contributed by atoms with Crippen LogP contribution in [0.25, 0.3) is 17.4 Å². The highest BCUT2D eigenvalue weighted by Gasteiger charge is 2.35. The number of nitrogens with zero attached hydrogens (tertiary/aromatic N) is 4. The average molecular weight is 503 g/mol. The van der Waals surface area contributed by atoms with Crippen molar-refractivity contribution in [2.45, 2.75) is 0 Å². The topological polar surface area (TPSA) is 102 Å². The summed E-state index contributed by atoms with van der Waals surface area (Å²) in [5.41, 5.74) is 1.42. The minimum Gasteiger partial charge on any atom is -0.456 e. The van der Waals surface area contributed by atoms with Crippen LogP contribution in [-0.4, -0.2) is 21.0 Å². The molecule has 1 fully saturated rings. The van der Waals surface area contributed by atoms with Crippen LogP contribution in [-0.2, 0) is 4.79 Å². The SMILES string of the molecule is O=C1/C(=C\c2ccc(-c3ccccc3[N+](=O)[O-])o2)SC(=Nc2ccncc2Cl)N1c1ccccc1. The summed E-state index contributed by atoms with van der Waals surface area (Å²) < 4.78 is 5.85. The van der Waals surface area contributed by atoms with E-state index in [9.17, 15) is 14.9 Å². The van der Waals surface area contributed by atoms with Crippen LogP contribution in [0.15, 0.2) is 99.5 Å². The highest BCUT2D eigenvalue weighted by Crippen LogP contribution is 2.39. The van der Waals surface area contributed by atoms with Crippen molar-refractivity contribution in [2.75, 3.05) is 4.90 Å². The van der Waals surface area contributed by atoms with Gasteiger partial charge in [0.2, 0.25) is 0 Å². The third-order valence-corrected chi connectivity index (χ3v) is 6.31. The van der Waals surface area contributed by atoms with Crippen molar-refractivity contribution < 1.29 is 14.1 Å². The molecule has 1 amide bonds. The van der Waals surface area contributed by atoms with Crippen molar-refractivity contribution in [2.24, 2.45) is 4.99 Å². The average Bonchev–Trinajstić information content (AvgIpc) is 3.45. The zero-order valence-electron chi connectivity index (χ0n) is 17.9. The Morgan fingerprint density at radius 1 is 1.06 bits per heavy atom. The van der Waals surface area contributed by atoms with Gasteiger partial charge >= 0.3 is 0 Å². The number of carbonyl (C=O) groups excluding carboxylic acids is 1. The van der Waals surface area contributed by atoms with Gasteiger partial charge in [-0.2, -0.15) is 0 Å². The van der Waals surface area contributed by atoms with Crippen LogP contribution in [0.4, 0.5) is 17.1 Å². The zero-order valence-corrected chi connectivity index (χ0v) is 19.4. The number of aliphatic imine (C=N–C) groups is 1. The molecule has 1 saturated heterocycles. The molecular formula is C25H15ClN4O4S. The van der Waals surface area contributed by atoms with Crippen LogP contribution in [0, 0.1) is 10.1 Å². The van der Waals surface area contributed by atoms with Gasteiger partial charge in [-0.1, -0.05) is 41.9 Å². The third kappa shape index (κ3) is 4.59. The van der Waals surface area contributed by atoms with Gasteiger partial charge in [0.25, 0.3) is 11.6 Å². The van der Waals surface area contributed by atoms with Gasteiger partial charge in [-0.25, -0.2) is 4.99 Å². The predicted octanol–water partition coefficient (Wildman–Crippen LogP) is 6.71. The Hall–Kier alpha value is -4.21. The Balaban J connectivity index is 1.53. The number of amides is 1. The monoisotopic (exact) mass is 502 g/mol. The number of hydrogen-bond acceptors (Lipinski definition) is 7. The summed E-state index contributed by atoms with van der Waals surface area (Å²) in [6.07, 6.45) is 4.65. The number of halogens is 1. The number of hydrogen-bond donors (Lipinski definition) is 0. The molecule has 0 atom stereocenters. The van der Waals surface area contributed by atoms with E-state index in [1.54, 1.807) is 48.7 Å². The summed E-state index contributed by atoms with van der Waals surface area (Å²) in [7, 11) is 0. The van der Waals surface area contributed by atoms with E-state index in [0.717, 1.165) is 0 Å². The fourth-order valence-corrected chi connectivity index (χ4v) is 4.60. The standard InChI is InChI=1S/C25H15ClN4O4S/c26-19-15-27-13-12-20(19)28-25-29(16-6-2-1-3-7-16)24(31)23(35-25)14-17-10-11-22(34-17)18-8-4-5-9-21(18)30(32)33/h1-15H/b23-14+,28-25?. The maximum absolute atomic E-state index is 13.4. The molecule has 0 saturated carbocycles. The predicted molar refractivity (Wildman–Crippen MR) is 137 cm³/mol. The first-order valence-corrected chi connectivity index (χ1v) is 11.5. The molecular weight excluding hydrogens is 488 g/mol. The van der Waals surface area contributed by atoms with Gasteiger partial charge in [0.15, 0.2) is 5.17 Å². The second-order valence-corrected chi connectivity index (χ2v) is 8.70. The van der Waals surface area contributed by atoms with Gasteiger partial charge in [0.05, 0.1) is 31.8 Å². The maximum atomic E-state index is 13.4. The molecule has 3 heterocycles. The van der Waals surface area contributed by atoms with E-state index in [0.29, 0.717) is 43.6 Å². The minimum atomic E-state index is -0.461. The lowest BCUT2D eigenvalue weighted by atomic mass is 10.1. The number of benzene rings is 2. The maximum Gasteiger partial charge on any atom is 0.280 e. The molecule has 4 aromatic rings. The van der Waals surface area contributed by atoms with Gasteiger partial charge in [0.1, 0.15) is 11.5 Å². The number of para-hydroxylation sites is 2. The molecule has 10 heteroatoms. The fraction of sp³-hybridized carbons (Fsp3) is 0. The van der Waals surface area contributed by atoms with Gasteiger partial charge in [-0.15, -0.1) is 0 Å². The van der Waals surface area contributed by atoms with Gasteiger partial charge < -0.3 is 4.42 Å². The Morgan fingerprint density at radius 3 is 2.60 bits per heavy atom. The summed E-state index contributed by atoms with van der Waals surface area (Å²) in [6, 6.07) is 20.4. The Kier molecular flexibility index (Phi) is 6.17. The number of aromatic nitrogens is 1. The van der Waals surface area contributed by atoms with Crippen molar-refractivity contribution in [3.63, 3.8) is 0 Å². The van der Waals surface area contributed by atoms with Crippen LogP contribution < -0.4 is 4.90 Å². The minimum absolute atomic E-state index is 0.0636. The lowest BCUT2D eigenvalue weighted by Gasteiger charge is -2.15. The van der Waals surface area contributed by atoms with Gasteiger partial charge in [-0.05, 0) is 48.2 Å². The van der Waals surface area contributed by atoms with E-state index in [1.807, 2.05) is 30.3 Å². The van der Waals surface area contributed by atoms with E-state index in [-0.39, 0.29) is 11.6 Å². The molecule has 5 rings (SSSR count). The summed E-state index contributed by atoms with van der Waals surface area (Å²) in [5.74, 6) is 0.427. The normalized spacial score (nSPS) is 15.8. The van der Waals surface area contributed by atoms with Crippen LogP contribution in [0.2, 0.25) is 5.02 Å². The first kappa shape index (κ1) is 22.6. The molecule has 1 aliphatic heterocycles. The Labute approximate surface area is 208 Å². The van der Waals surface area contributed by atoms with Crippen molar-refractivity contribution in [1.82, 2.24) is 4.98 Å². The Bertz CT molecular complexity index is 1500. The number of nitro groups is 1. The molecule has 0 radical (unpaired) electrons. The summed E-state index contributed by atoms with van der Waals surface area (Å²) in [6.45, 7) is 0. The molecule has 8 nitrogen and oxygen atoms in total. The van der Waals surface area contributed by atoms with Crippen LogP contribution in [0.5, 0.6) is 0 Å². The number of rotatable bonds is 5. The lowest BCUT2D eigenvalue weighted by Crippen LogP contribution is -2.28. The first-order valence-electron chi connectivity index (χ1n) is 10.3. The van der Waals surface area contributed by atoms with Gasteiger partial charge in [0, 0.05) is 24.5 Å². The number of carbonyl (C=O) groups is 1. The molecule has 1 aliphatic rings. The summed E-state index contributed by atoms with van der Waals surface area (Å²) in [5, 5.41) is 12.2. The second-order valence-electron chi connectivity index (χ2n) is 7.28. The number of pyridine rings is 1. The molecule has 0 aliphatic carbocycles. The molecule has 172 valence electrons. The third-order valence-electron chi connectivity index (χ3n) is 5.05. The molecule has 0 unspecified atom stereocenters. The number of nitro benzene ring substituents is 1. The summed E-state index contributed by atoms with van der Waals surface area (Å²) >= 11 is 7.41. The van der Waals surface area contributed by atoms with E-state index in [4.69, 9.17) is 16.0 Å². The lowest BCUT2D eigenvalue weighted by molar-refractivity contribution is -0.384. The van der Waals surface area contributed by atoms with Crippen molar-refractivity contribution in [1.29, 1.82) is 0 Å². The second kappa shape index (κ2) is 9.57. The first-order chi connectivity index (χ1) is 17.0. The number of furan rings is 1.